The van der Waals surface area contributed by atoms with Crippen molar-refractivity contribution in [3.8, 4) is 0 Å². The van der Waals surface area contributed by atoms with Crippen LogP contribution in [0.3, 0.4) is 0 Å². The number of carbonyl (C=O) groups is 1. The average Bonchev–Trinajstić information content (AvgIpc) is 3.18. The zero-order chi connectivity index (χ0) is 21.3. The van der Waals surface area contributed by atoms with Gasteiger partial charge >= 0.3 is 0 Å². The summed E-state index contributed by atoms with van der Waals surface area (Å²) in [5.41, 5.74) is 1.34. The van der Waals surface area contributed by atoms with Crippen molar-refractivity contribution >= 4 is 28.1 Å². The van der Waals surface area contributed by atoms with Gasteiger partial charge in [-0.05, 0) is 24.5 Å². The van der Waals surface area contributed by atoms with Crippen LogP contribution in [0.2, 0.25) is 0 Å². The van der Waals surface area contributed by atoms with Crippen molar-refractivity contribution in [3.63, 3.8) is 0 Å². The van der Waals surface area contributed by atoms with Crippen LogP contribution in [0.4, 0.5) is 11.4 Å². The molecule has 8 heteroatoms. The van der Waals surface area contributed by atoms with Crippen LogP contribution < -0.4 is 10.5 Å². The molecule has 0 bridgehead atoms. The Kier molecular flexibility index (Phi) is 5.31. The quantitative estimate of drug-likeness (QED) is 0.353. The Hall–Kier alpha value is -3.55. The molecule has 2 aromatic carbocycles. The van der Waals surface area contributed by atoms with Crippen LogP contribution in [0, 0.1) is 10.1 Å². The maximum absolute atomic E-state index is 13.5. The molecule has 0 radical (unpaired) electrons. The molecule has 4 rings (SSSR count). The Labute approximate surface area is 172 Å². The summed E-state index contributed by atoms with van der Waals surface area (Å²) in [5.74, 6) is -0.352. The van der Waals surface area contributed by atoms with E-state index in [4.69, 9.17) is 0 Å². The van der Waals surface area contributed by atoms with Gasteiger partial charge < -0.3 is 4.90 Å². The molecule has 8 nitrogen and oxygen atoms in total. The normalized spacial score (nSPS) is 12.9. The second-order valence-electron chi connectivity index (χ2n) is 7.41. The van der Waals surface area contributed by atoms with Crippen LogP contribution in [-0.2, 0) is 13.0 Å². The van der Waals surface area contributed by atoms with Crippen LogP contribution in [0.25, 0.3) is 10.8 Å². The lowest BCUT2D eigenvalue weighted by molar-refractivity contribution is -0.384. The Balaban J connectivity index is 1.79. The van der Waals surface area contributed by atoms with Crippen molar-refractivity contribution in [2.24, 2.45) is 0 Å². The van der Waals surface area contributed by atoms with Crippen molar-refractivity contribution in [2.75, 3.05) is 11.4 Å². The third-order valence-electron chi connectivity index (χ3n) is 5.46. The summed E-state index contributed by atoms with van der Waals surface area (Å²) in [5, 5.41) is 16.6. The van der Waals surface area contributed by atoms with Crippen LogP contribution >= 0.6 is 0 Å². The highest BCUT2D eigenvalue weighted by Gasteiger charge is 2.30. The number of unbranched alkanes of at least 4 members (excludes halogenated alkanes) is 2. The zero-order valence-corrected chi connectivity index (χ0v) is 16.7. The summed E-state index contributed by atoms with van der Waals surface area (Å²) in [4.78, 5) is 38.6. The van der Waals surface area contributed by atoms with Crippen LogP contribution in [-0.4, -0.2) is 27.2 Å². The van der Waals surface area contributed by atoms with E-state index in [0.29, 0.717) is 36.0 Å². The molecule has 0 saturated carbocycles. The fourth-order valence-electron chi connectivity index (χ4n) is 3.88. The molecule has 0 saturated heterocycles. The Morgan fingerprint density at radius 2 is 1.93 bits per heavy atom. The molecule has 1 aliphatic heterocycles. The number of benzene rings is 2. The smallest absolute Gasteiger partial charge is 0.279 e. The minimum absolute atomic E-state index is 0.0594. The lowest BCUT2D eigenvalue weighted by atomic mass is 10.1. The fourth-order valence-corrected chi connectivity index (χ4v) is 3.88. The molecule has 2 heterocycles. The van der Waals surface area contributed by atoms with E-state index in [1.807, 2.05) is 0 Å². The number of amides is 1. The summed E-state index contributed by atoms with van der Waals surface area (Å²) < 4.78 is 1.37. The van der Waals surface area contributed by atoms with Gasteiger partial charge in [0.2, 0.25) is 0 Å². The minimum atomic E-state index is -0.469. The monoisotopic (exact) mass is 406 g/mol. The van der Waals surface area contributed by atoms with Crippen molar-refractivity contribution in [1.82, 2.24) is 9.78 Å². The number of nitro benzene ring substituents is 1. The second kappa shape index (κ2) is 8.06. The molecule has 0 unspecified atom stereocenters. The third-order valence-corrected chi connectivity index (χ3v) is 5.46. The van der Waals surface area contributed by atoms with Gasteiger partial charge in [0.25, 0.3) is 17.2 Å². The van der Waals surface area contributed by atoms with E-state index in [2.05, 4.69) is 12.0 Å². The average molecular weight is 406 g/mol. The lowest BCUT2D eigenvalue weighted by Gasteiger charge is -2.18. The summed E-state index contributed by atoms with van der Waals surface area (Å²) >= 11 is 0. The van der Waals surface area contributed by atoms with Gasteiger partial charge in [0.1, 0.15) is 0 Å². The van der Waals surface area contributed by atoms with E-state index in [1.165, 1.54) is 21.7 Å². The molecule has 0 atom stereocenters. The molecule has 154 valence electrons. The number of aryl methyl sites for hydroxylation is 1. The molecule has 0 aliphatic carbocycles. The molecule has 1 aromatic heterocycles. The summed E-state index contributed by atoms with van der Waals surface area (Å²) in [6.45, 7) is 2.94. The van der Waals surface area contributed by atoms with E-state index in [0.717, 1.165) is 24.8 Å². The van der Waals surface area contributed by atoms with Gasteiger partial charge in [-0.25, -0.2) is 4.68 Å². The van der Waals surface area contributed by atoms with E-state index < -0.39 is 4.92 Å². The predicted molar refractivity (Wildman–Crippen MR) is 114 cm³/mol. The number of hydrogen-bond acceptors (Lipinski definition) is 5. The highest BCUT2D eigenvalue weighted by Crippen LogP contribution is 2.33. The zero-order valence-electron chi connectivity index (χ0n) is 16.7. The van der Waals surface area contributed by atoms with Crippen LogP contribution in [0.15, 0.2) is 47.3 Å². The number of carbonyl (C=O) groups excluding carboxylic acids is 1. The number of hydrogen-bond donors (Lipinski definition) is 0. The Morgan fingerprint density at radius 1 is 1.17 bits per heavy atom. The SMILES string of the molecule is CCCCCn1nc(C(=O)N2CCc3ccc([N+](=O)[O-])cc32)c2ccccc2c1=O. The first-order valence-corrected chi connectivity index (χ1v) is 10.1. The van der Waals surface area contributed by atoms with Gasteiger partial charge in [0.05, 0.1) is 16.0 Å². The molecule has 30 heavy (non-hydrogen) atoms. The first-order valence-electron chi connectivity index (χ1n) is 10.1. The number of fused-ring (bicyclic) bond motifs is 2. The van der Waals surface area contributed by atoms with Gasteiger partial charge in [-0.2, -0.15) is 5.10 Å². The van der Waals surface area contributed by atoms with Gasteiger partial charge in [-0.15, -0.1) is 0 Å². The molecule has 1 amide bonds. The van der Waals surface area contributed by atoms with Crippen molar-refractivity contribution in [1.29, 1.82) is 0 Å². The van der Waals surface area contributed by atoms with E-state index in [9.17, 15) is 19.7 Å². The maximum atomic E-state index is 13.5. The summed E-state index contributed by atoms with van der Waals surface area (Å²) in [6, 6.07) is 11.5. The largest absolute Gasteiger partial charge is 0.306 e. The molecule has 0 fully saturated rings. The summed E-state index contributed by atoms with van der Waals surface area (Å²) in [6.07, 6.45) is 3.39. The number of nitro groups is 1. The van der Waals surface area contributed by atoms with Crippen LogP contribution in [0.5, 0.6) is 0 Å². The lowest BCUT2D eigenvalue weighted by Crippen LogP contribution is -2.33. The topological polar surface area (TPSA) is 98.3 Å². The highest BCUT2D eigenvalue weighted by atomic mass is 16.6. The Bertz CT molecular complexity index is 1200. The molecular formula is C22H22N4O4. The van der Waals surface area contributed by atoms with Gasteiger partial charge in [-0.1, -0.05) is 44.0 Å². The van der Waals surface area contributed by atoms with Crippen molar-refractivity contribution < 1.29 is 9.72 Å². The number of aromatic nitrogens is 2. The van der Waals surface area contributed by atoms with E-state index >= 15 is 0 Å². The maximum Gasteiger partial charge on any atom is 0.279 e. The van der Waals surface area contributed by atoms with Gasteiger partial charge in [0, 0.05) is 30.6 Å². The van der Waals surface area contributed by atoms with Gasteiger partial charge in [-0.3, -0.25) is 19.7 Å². The molecule has 3 aromatic rings. The standard InChI is InChI=1S/C22H22N4O4/c1-2-3-6-12-25-21(27)18-8-5-4-7-17(18)20(23-25)22(28)24-13-11-15-9-10-16(26(29)30)14-19(15)24/h4-5,7-10,14H,2-3,6,11-13H2,1H3. The number of rotatable bonds is 6. The van der Waals surface area contributed by atoms with Crippen molar-refractivity contribution in [3.05, 3.63) is 74.2 Å². The Morgan fingerprint density at radius 3 is 2.67 bits per heavy atom. The first-order chi connectivity index (χ1) is 14.5. The van der Waals surface area contributed by atoms with Gasteiger partial charge in [0.15, 0.2) is 5.69 Å². The van der Waals surface area contributed by atoms with E-state index in [1.54, 1.807) is 30.3 Å². The van der Waals surface area contributed by atoms with E-state index in [-0.39, 0.29) is 22.8 Å². The molecule has 0 N–H and O–H groups in total. The minimum Gasteiger partial charge on any atom is -0.306 e. The molecule has 1 aliphatic rings. The van der Waals surface area contributed by atoms with Crippen molar-refractivity contribution in [2.45, 2.75) is 39.2 Å². The number of anilines is 1. The number of nitrogens with zero attached hydrogens (tertiary/aromatic N) is 4. The third kappa shape index (κ3) is 3.45. The second-order valence-corrected chi connectivity index (χ2v) is 7.41. The molecule has 0 spiro atoms. The summed E-state index contributed by atoms with van der Waals surface area (Å²) in [7, 11) is 0. The predicted octanol–water partition coefficient (Wildman–Crippen LogP) is 3.70. The number of non-ortho nitro benzene ring substituents is 1. The fraction of sp³-hybridized carbons (Fsp3) is 0.318. The first kappa shape index (κ1) is 19.8. The highest BCUT2D eigenvalue weighted by molar-refractivity contribution is 6.13. The van der Waals surface area contributed by atoms with Crippen LogP contribution in [0.1, 0.15) is 42.2 Å². The molecular weight excluding hydrogens is 384 g/mol.